The SMILES string of the molecule is CN1CCCC1Oc1cnn(C2CCCC2)c1. The third kappa shape index (κ3) is 2.32. The lowest BCUT2D eigenvalue weighted by Crippen LogP contribution is -2.30. The highest BCUT2D eigenvalue weighted by Gasteiger charge is 2.23. The molecule has 1 saturated heterocycles. The molecule has 1 aliphatic carbocycles. The van der Waals surface area contributed by atoms with Gasteiger partial charge in [0.2, 0.25) is 0 Å². The first-order chi connectivity index (χ1) is 8.33. The minimum absolute atomic E-state index is 0.247. The van der Waals surface area contributed by atoms with Gasteiger partial charge in [-0.1, -0.05) is 12.8 Å². The summed E-state index contributed by atoms with van der Waals surface area (Å²) in [5, 5.41) is 4.44. The van der Waals surface area contributed by atoms with E-state index in [1.807, 2.05) is 6.20 Å². The number of rotatable bonds is 3. The van der Waals surface area contributed by atoms with Gasteiger partial charge in [-0.2, -0.15) is 5.10 Å². The van der Waals surface area contributed by atoms with E-state index in [1.165, 1.54) is 32.1 Å². The van der Waals surface area contributed by atoms with Crippen LogP contribution < -0.4 is 4.74 Å². The van der Waals surface area contributed by atoms with E-state index in [2.05, 4.69) is 27.9 Å². The van der Waals surface area contributed by atoms with E-state index in [4.69, 9.17) is 4.74 Å². The second-order valence-electron chi connectivity index (χ2n) is 5.29. The molecule has 0 aromatic carbocycles. The van der Waals surface area contributed by atoms with Gasteiger partial charge in [0.05, 0.1) is 18.4 Å². The summed E-state index contributed by atoms with van der Waals surface area (Å²) >= 11 is 0. The van der Waals surface area contributed by atoms with Crippen molar-refractivity contribution in [3.05, 3.63) is 12.4 Å². The molecule has 2 aliphatic rings. The Labute approximate surface area is 103 Å². The first-order valence-electron chi connectivity index (χ1n) is 6.74. The minimum Gasteiger partial charge on any atom is -0.472 e. The van der Waals surface area contributed by atoms with Crippen molar-refractivity contribution in [2.45, 2.75) is 50.8 Å². The second-order valence-corrected chi connectivity index (χ2v) is 5.29. The van der Waals surface area contributed by atoms with Crippen molar-refractivity contribution >= 4 is 0 Å². The van der Waals surface area contributed by atoms with Crippen LogP contribution in [0, 0.1) is 0 Å². The number of nitrogens with zero attached hydrogens (tertiary/aromatic N) is 3. The highest BCUT2D eigenvalue weighted by molar-refractivity contribution is 5.13. The van der Waals surface area contributed by atoms with E-state index in [9.17, 15) is 0 Å². The predicted molar refractivity (Wildman–Crippen MR) is 66.0 cm³/mol. The Kier molecular flexibility index (Phi) is 3.05. The van der Waals surface area contributed by atoms with Gasteiger partial charge in [0.25, 0.3) is 0 Å². The molecule has 94 valence electrons. The van der Waals surface area contributed by atoms with Gasteiger partial charge in [0, 0.05) is 6.54 Å². The van der Waals surface area contributed by atoms with Crippen molar-refractivity contribution in [2.75, 3.05) is 13.6 Å². The van der Waals surface area contributed by atoms with Crippen LogP contribution in [0.1, 0.15) is 44.6 Å². The molecule has 0 spiro atoms. The number of hydrogen-bond donors (Lipinski definition) is 0. The van der Waals surface area contributed by atoms with Crippen LogP contribution in [0.2, 0.25) is 0 Å². The van der Waals surface area contributed by atoms with Crippen molar-refractivity contribution in [1.29, 1.82) is 0 Å². The van der Waals surface area contributed by atoms with Gasteiger partial charge < -0.3 is 4.74 Å². The van der Waals surface area contributed by atoms with Crippen LogP contribution in [0.3, 0.4) is 0 Å². The van der Waals surface area contributed by atoms with Crippen LogP contribution in [-0.4, -0.2) is 34.5 Å². The molecule has 4 heteroatoms. The Hall–Kier alpha value is -1.03. The first kappa shape index (κ1) is 11.1. The van der Waals surface area contributed by atoms with Crippen LogP contribution in [0.25, 0.3) is 0 Å². The third-order valence-electron chi connectivity index (χ3n) is 4.00. The summed E-state index contributed by atoms with van der Waals surface area (Å²) in [5.74, 6) is 0.927. The smallest absolute Gasteiger partial charge is 0.159 e. The topological polar surface area (TPSA) is 30.3 Å². The molecule has 3 rings (SSSR count). The highest BCUT2D eigenvalue weighted by Crippen LogP contribution is 2.30. The molecule has 0 N–H and O–H groups in total. The van der Waals surface area contributed by atoms with Gasteiger partial charge in [-0.05, 0) is 32.7 Å². The molecule has 1 unspecified atom stereocenters. The summed E-state index contributed by atoms with van der Waals surface area (Å²) in [5.41, 5.74) is 0. The molecule has 1 atom stereocenters. The monoisotopic (exact) mass is 235 g/mol. The lowest BCUT2D eigenvalue weighted by Gasteiger charge is -2.19. The standard InChI is InChI=1S/C13H21N3O/c1-15-8-4-7-13(15)17-12-9-14-16(10-12)11-5-2-3-6-11/h9-11,13H,2-8H2,1H3. The Bertz CT molecular complexity index is 370. The lowest BCUT2D eigenvalue weighted by molar-refractivity contribution is 0.0811. The van der Waals surface area contributed by atoms with Crippen molar-refractivity contribution in [2.24, 2.45) is 0 Å². The van der Waals surface area contributed by atoms with Crippen LogP contribution in [0.15, 0.2) is 12.4 Å². The van der Waals surface area contributed by atoms with E-state index in [1.54, 1.807) is 0 Å². The van der Waals surface area contributed by atoms with E-state index < -0.39 is 0 Å². The summed E-state index contributed by atoms with van der Waals surface area (Å²) in [6.45, 7) is 1.14. The van der Waals surface area contributed by atoms with Gasteiger partial charge in [-0.15, -0.1) is 0 Å². The molecule has 0 amide bonds. The normalized spacial score (nSPS) is 26.8. The van der Waals surface area contributed by atoms with Gasteiger partial charge in [0.15, 0.2) is 12.0 Å². The average Bonchev–Trinajstić information content (AvgIpc) is 3.02. The Morgan fingerprint density at radius 1 is 1.24 bits per heavy atom. The summed E-state index contributed by atoms with van der Waals surface area (Å²) in [4.78, 5) is 2.27. The van der Waals surface area contributed by atoms with Crippen molar-refractivity contribution in [3.8, 4) is 5.75 Å². The van der Waals surface area contributed by atoms with Crippen molar-refractivity contribution in [3.63, 3.8) is 0 Å². The molecule has 1 aromatic heterocycles. The third-order valence-corrected chi connectivity index (χ3v) is 4.00. The van der Waals surface area contributed by atoms with Crippen LogP contribution in [0.4, 0.5) is 0 Å². The fourth-order valence-corrected chi connectivity index (χ4v) is 2.94. The molecular weight excluding hydrogens is 214 g/mol. The van der Waals surface area contributed by atoms with E-state index >= 15 is 0 Å². The average molecular weight is 235 g/mol. The van der Waals surface area contributed by atoms with Gasteiger partial charge in [-0.25, -0.2) is 0 Å². The zero-order valence-corrected chi connectivity index (χ0v) is 10.5. The van der Waals surface area contributed by atoms with Gasteiger partial charge in [-0.3, -0.25) is 9.58 Å². The Balaban J connectivity index is 1.63. The summed E-state index contributed by atoms with van der Waals surface area (Å²) in [7, 11) is 2.12. The highest BCUT2D eigenvalue weighted by atomic mass is 16.5. The molecular formula is C13H21N3O. The van der Waals surface area contributed by atoms with Crippen LogP contribution >= 0.6 is 0 Å². The number of likely N-dealkylation sites (tertiary alicyclic amines) is 1. The van der Waals surface area contributed by atoms with Crippen molar-refractivity contribution < 1.29 is 4.74 Å². The summed E-state index contributed by atoms with van der Waals surface area (Å²) in [6, 6.07) is 0.605. The summed E-state index contributed by atoms with van der Waals surface area (Å²) in [6.07, 6.45) is 11.8. The first-order valence-corrected chi connectivity index (χ1v) is 6.74. The van der Waals surface area contributed by atoms with E-state index in [0.29, 0.717) is 6.04 Å². The summed E-state index contributed by atoms with van der Waals surface area (Å²) < 4.78 is 8.06. The molecule has 1 saturated carbocycles. The molecule has 1 aromatic rings. The molecule has 0 bridgehead atoms. The molecule has 0 radical (unpaired) electrons. The van der Waals surface area contributed by atoms with Gasteiger partial charge in [0.1, 0.15) is 0 Å². The van der Waals surface area contributed by atoms with Gasteiger partial charge >= 0.3 is 0 Å². The number of ether oxygens (including phenoxy) is 1. The van der Waals surface area contributed by atoms with Crippen LogP contribution in [0.5, 0.6) is 5.75 Å². The number of hydrogen-bond acceptors (Lipinski definition) is 3. The number of aromatic nitrogens is 2. The second kappa shape index (κ2) is 4.69. The zero-order valence-electron chi connectivity index (χ0n) is 10.5. The van der Waals surface area contributed by atoms with Crippen LogP contribution in [-0.2, 0) is 0 Å². The molecule has 2 heterocycles. The lowest BCUT2D eigenvalue weighted by atomic mass is 10.3. The fraction of sp³-hybridized carbons (Fsp3) is 0.769. The maximum absolute atomic E-state index is 5.97. The minimum atomic E-state index is 0.247. The van der Waals surface area contributed by atoms with E-state index in [0.717, 1.165) is 18.7 Å². The molecule has 17 heavy (non-hydrogen) atoms. The van der Waals surface area contributed by atoms with E-state index in [-0.39, 0.29) is 6.23 Å². The van der Waals surface area contributed by atoms with Crippen molar-refractivity contribution in [1.82, 2.24) is 14.7 Å². The largest absolute Gasteiger partial charge is 0.472 e. The fourth-order valence-electron chi connectivity index (χ4n) is 2.94. The zero-order chi connectivity index (χ0) is 11.7. The molecule has 4 nitrogen and oxygen atoms in total. The Morgan fingerprint density at radius 2 is 2.06 bits per heavy atom. The molecule has 1 aliphatic heterocycles. The predicted octanol–water partition coefficient (Wildman–Crippen LogP) is 2.43. The molecule has 2 fully saturated rings. The maximum atomic E-state index is 5.97. The quantitative estimate of drug-likeness (QED) is 0.806. The maximum Gasteiger partial charge on any atom is 0.159 e. The Morgan fingerprint density at radius 3 is 2.76 bits per heavy atom.